The second-order valence-corrected chi connectivity index (χ2v) is 6.68. The summed E-state index contributed by atoms with van der Waals surface area (Å²) in [5, 5.41) is 4.88. The Morgan fingerprint density at radius 3 is 2.48 bits per heavy atom. The van der Waals surface area contributed by atoms with E-state index in [1.165, 1.54) is 25.3 Å². The Balaban J connectivity index is 1.61. The van der Waals surface area contributed by atoms with Gasteiger partial charge in [0.2, 0.25) is 0 Å². The molecule has 162 valence electrons. The first-order valence-electron chi connectivity index (χ1n) is 9.46. The zero-order valence-corrected chi connectivity index (χ0v) is 16.9. The van der Waals surface area contributed by atoms with Crippen LogP contribution in [0.25, 0.3) is 10.8 Å². The molecule has 0 spiro atoms. The summed E-state index contributed by atoms with van der Waals surface area (Å²) in [6.45, 7) is -1.68. The maximum atomic E-state index is 12.4. The van der Waals surface area contributed by atoms with Gasteiger partial charge < -0.3 is 19.5 Å². The number of ether oxygens (including phenoxy) is 3. The molecule has 1 amide bonds. The molecule has 3 rings (SSSR count). The lowest BCUT2D eigenvalue weighted by Gasteiger charge is -2.17. The minimum absolute atomic E-state index is 0.0355. The Morgan fingerprint density at radius 2 is 1.74 bits per heavy atom. The summed E-state index contributed by atoms with van der Waals surface area (Å²) in [4.78, 5) is 24.5. The molecule has 0 aliphatic rings. The molecule has 0 radical (unpaired) electrons. The minimum atomic E-state index is -3.03. The minimum Gasteiger partial charge on any atom is -0.493 e. The van der Waals surface area contributed by atoms with Crippen LogP contribution < -0.4 is 14.8 Å². The highest BCUT2D eigenvalue weighted by molar-refractivity contribution is 5.92. The van der Waals surface area contributed by atoms with Gasteiger partial charge in [0.25, 0.3) is 5.91 Å². The molecule has 0 aliphatic carbocycles. The van der Waals surface area contributed by atoms with Crippen molar-refractivity contribution in [2.45, 2.75) is 19.6 Å². The molecule has 1 N–H and O–H groups in total. The lowest BCUT2D eigenvalue weighted by molar-refractivity contribution is -0.124. The molecule has 0 fully saturated rings. The third-order valence-electron chi connectivity index (χ3n) is 4.62. The molecule has 0 heterocycles. The van der Waals surface area contributed by atoms with Gasteiger partial charge in [0.05, 0.1) is 18.7 Å². The Kier molecular flexibility index (Phi) is 7.02. The maximum Gasteiger partial charge on any atom is 0.387 e. The fourth-order valence-corrected chi connectivity index (χ4v) is 3.19. The number of fused-ring (bicyclic) bond motifs is 1. The number of methoxy groups -OCH3 is 1. The SMILES string of the molecule is COc1cc(C(=O)OCC(=O)N[C@H](C)c2cccc3ccccc23)ccc1OC(F)F. The first kappa shape index (κ1) is 22.0. The predicted octanol–water partition coefficient (Wildman–Crippen LogP) is 4.48. The average Bonchev–Trinajstić information content (AvgIpc) is 2.76. The van der Waals surface area contributed by atoms with Crippen molar-refractivity contribution in [3.8, 4) is 11.5 Å². The van der Waals surface area contributed by atoms with Crippen molar-refractivity contribution in [3.63, 3.8) is 0 Å². The van der Waals surface area contributed by atoms with E-state index in [9.17, 15) is 18.4 Å². The lowest BCUT2D eigenvalue weighted by atomic mass is 10.00. The lowest BCUT2D eigenvalue weighted by Crippen LogP contribution is -2.31. The summed E-state index contributed by atoms with van der Waals surface area (Å²) < 4.78 is 39.1. The van der Waals surface area contributed by atoms with Crippen molar-refractivity contribution in [3.05, 3.63) is 71.8 Å². The maximum absolute atomic E-state index is 12.4. The van der Waals surface area contributed by atoms with E-state index >= 15 is 0 Å². The van der Waals surface area contributed by atoms with E-state index in [4.69, 9.17) is 9.47 Å². The van der Waals surface area contributed by atoms with E-state index in [1.54, 1.807) is 0 Å². The Morgan fingerprint density at radius 1 is 1.00 bits per heavy atom. The number of carbonyl (C=O) groups excluding carboxylic acids is 2. The summed E-state index contributed by atoms with van der Waals surface area (Å²) in [6.07, 6.45) is 0. The number of benzene rings is 3. The summed E-state index contributed by atoms with van der Waals surface area (Å²) >= 11 is 0. The molecule has 3 aromatic rings. The van der Waals surface area contributed by atoms with E-state index in [-0.39, 0.29) is 23.1 Å². The molecular formula is C23H21F2NO5. The monoisotopic (exact) mass is 429 g/mol. The molecule has 0 unspecified atom stereocenters. The second-order valence-electron chi connectivity index (χ2n) is 6.68. The van der Waals surface area contributed by atoms with Crippen LogP contribution in [0.4, 0.5) is 8.78 Å². The van der Waals surface area contributed by atoms with Gasteiger partial charge >= 0.3 is 12.6 Å². The van der Waals surface area contributed by atoms with Crippen LogP contribution in [0.3, 0.4) is 0 Å². The number of alkyl halides is 2. The van der Waals surface area contributed by atoms with Gasteiger partial charge in [0.1, 0.15) is 0 Å². The fourth-order valence-electron chi connectivity index (χ4n) is 3.19. The first-order chi connectivity index (χ1) is 14.9. The second kappa shape index (κ2) is 9.88. The largest absolute Gasteiger partial charge is 0.493 e. The molecule has 0 bridgehead atoms. The van der Waals surface area contributed by atoms with Crippen molar-refractivity contribution in [2.75, 3.05) is 13.7 Å². The highest BCUT2D eigenvalue weighted by Crippen LogP contribution is 2.29. The third kappa shape index (κ3) is 5.48. The zero-order valence-electron chi connectivity index (χ0n) is 16.9. The molecule has 1 atom stereocenters. The van der Waals surface area contributed by atoms with E-state index < -0.39 is 25.1 Å². The number of rotatable bonds is 8. The summed E-state index contributed by atoms with van der Waals surface area (Å²) in [7, 11) is 1.25. The quantitative estimate of drug-likeness (QED) is 0.535. The zero-order chi connectivity index (χ0) is 22.4. The molecule has 6 nitrogen and oxygen atoms in total. The van der Waals surface area contributed by atoms with Gasteiger partial charge in [-0.05, 0) is 41.5 Å². The first-order valence-corrected chi connectivity index (χ1v) is 9.46. The van der Waals surface area contributed by atoms with Crippen molar-refractivity contribution < 1.29 is 32.6 Å². The van der Waals surface area contributed by atoms with Crippen molar-refractivity contribution in [1.82, 2.24) is 5.32 Å². The normalized spacial score (nSPS) is 11.8. The van der Waals surface area contributed by atoms with Crippen LogP contribution in [-0.2, 0) is 9.53 Å². The van der Waals surface area contributed by atoms with Crippen LogP contribution in [0.5, 0.6) is 11.5 Å². The highest BCUT2D eigenvalue weighted by atomic mass is 19.3. The Bertz CT molecular complexity index is 1080. The third-order valence-corrected chi connectivity index (χ3v) is 4.62. The van der Waals surface area contributed by atoms with Crippen molar-refractivity contribution in [1.29, 1.82) is 0 Å². The molecule has 31 heavy (non-hydrogen) atoms. The molecule has 8 heteroatoms. The van der Waals surface area contributed by atoms with Crippen LogP contribution in [0.15, 0.2) is 60.7 Å². The van der Waals surface area contributed by atoms with Gasteiger partial charge in [0.15, 0.2) is 18.1 Å². The standard InChI is InChI=1S/C23H21F2NO5/c1-14(17-9-5-7-15-6-3-4-8-18(15)17)26-21(27)13-30-22(28)16-10-11-19(31-23(24)25)20(12-16)29-2/h3-12,14,23H,13H2,1-2H3,(H,26,27)/t14-/m1/s1. The summed E-state index contributed by atoms with van der Waals surface area (Å²) in [5.41, 5.74) is 0.977. The number of hydrogen-bond donors (Lipinski definition) is 1. The van der Waals surface area contributed by atoms with Gasteiger partial charge in [-0.2, -0.15) is 8.78 Å². The van der Waals surface area contributed by atoms with E-state index in [1.807, 2.05) is 49.4 Å². The van der Waals surface area contributed by atoms with Gasteiger partial charge in [-0.1, -0.05) is 42.5 Å². The molecule has 3 aromatic carbocycles. The van der Waals surface area contributed by atoms with E-state index in [0.717, 1.165) is 16.3 Å². The number of hydrogen-bond acceptors (Lipinski definition) is 5. The van der Waals surface area contributed by atoms with Crippen LogP contribution in [0.1, 0.15) is 28.9 Å². The van der Waals surface area contributed by atoms with Crippen LogP contribution >= 0.6 is 0 Å². The molecule has 0 aliphatic heterocycles. The molecule has 0 saturated heterocycles. The van der Waals surface area contributed by atoms with Gasteiger partial charge in [-0.3, -0.25) is 4.79 Å². The Labute approximate surface area is 177 Å². The number of amides is 1. The van der Waals surface area contributed by atoms with Crippen LogP contribution in [0.2, 0.25) is 0 Å². The molecule has 0 aromatic heterocycles. The van der Waals surface area contributed by atoms with Crippen LogP contribution in [-0.4, -0.2) is 32.2 Å². The highest BCUT2D eigenvalue weighted by Gasteiger charge is 2.17. The van der Waals surface area contributed by atoms with Crippen LogP contribution in [0, 0.1) is 0 Å². The number of esters is 1. The fraction of sp³-hybridized carbons (Fsp3) is 0.217. The average molecular weight is 429 g/mol. The van der Waals surface area contributed by atoms with Gasteiger partial charge in [-0.25, -0.2) is 4.79 Å². The van der Waals surface area contributed by atoms with E-state index in [0.29, 0.717) is 0 Å². The van der Waals surface area contributed by atoms with Gasteiger partial charge in [-0.15, -0.1) is 0 Å². The summed E-state index contributed by atoms with van der Waals surface area (Å²) in [5.74, 6) is -1.53. The number of carbonyl (C=O) groups is 2. The van der Waals surface area contributed by atoms with Crippen molar-refractivity contribution >= 4 is 22.6 Å². The van der Waals surface area contributed by atoms with E-state index in [2.05, 4.69) is 10.1 Å². The Hall–Kier alpha value is -3.68. The summed E-state index contributed by atoms with van der Waals surface area (Å²) in [6, 6.07) is 17.0. The van der Waals surface area contributed by atoms with Gasteiger partial charge in [0, 0.05) is 0 Å². The topological polar surface area (TPSA) is 73.9 Å². The molecule has 0 saturated carbocycles. The molecular weight excluding hydrogens is 408 g/mol. The number of halogens is 2. The smallest absolute Gasteiger partial charge is 0.387 e. The predicted molar refractivity (Wildman–Crippen MR) is 110 cm³/mol. The number of nitrogens with one attached hydrogen (secondary N) is 1. The van der Waals surface area contributed by atoms with Crippen molar-refractivity contribution in [2.24, 2.45) is 0 Å².